The number of ether oxygens (including phenoxy) is 1. The Morgan fingerprint density at radius 3 is 2.38 bits per heavy atom. The number of halogens is 1. The molecule has 2 aromatic carbocycles. The zero-order valence-electron chi connectivity index (χ0n) is 14.2. The molecule has 3 rings (SSSR count). The number of hydrogen-bond donors (Lipinski definition) is 0. The lowest BCUT2D eigenvalue weighted by atomic mass is 9.81. The van der Waals surface area contributed by atoms with Crippen LogP contribution in [0.1, 0.15) is 24.0 Å². The van der Waals surface area contributed by atoms with Crippen LogP contribution in [0.3, 0.4) is 0 Å². The third-order valence-corrected chi connectivity index (χ3v) is 4.70. The molecule has 0 N–H and O–H groups in total. The van der Waals surface area contributed by atoms with Crippen molar-refractivity contribution >= 4 is 12.2 Å². The minimum Gasteiger partial charge on any atom is -0.445 e. The van der Waals surface area contributed by atoms with E-state index in [-0.39, 0.29) is 12.4 Å². The monoisotopic (exact) mass is 354 g/mol. The second kappa shape index (κ2) is 7.93. The van der Waals surface area contributed by atoms with Gasteiger partial charge in [-0.2, -0.15) is 4.99 Å². The fraction of sp³-hybridized carbons (Fsp3) is 0.300. The molecule has 1 aliphatic heterocycles. The lowest BCUT2D eigenvalue weighted by Gasteiger charge is -2.38. The molecule has 6 heteroatoms. The molecule has 1 saturated heterocycles. The largest absolute Gasteiger partial charge is 0.445 e. The van der Waals surface area contributed by atoms with Gasteiger partial charge in [0.15, 0.2) is 0 Å². The Kier molecular flexibility index (Phi) is 5.44. The first-order valence-corrected chi connectivity index (χ1v) is 8.44. The maximum absolute atomic E-state index is 13.2. The van der Waals surface area contributed by atoms with Crippen molar-refractivity contribution in [2.45, 2.75) is 25.0 Å². The van der Waals surface area contributed by atoms with Gasteiger partial charge in [-0.1, -0.05) is 42.5 Å². The molecule has 0 spiro atoms. The fourth-order valence-corrected chi connectivity index (χ4v) is 3.18. The summed E-state index contributed by atoms with van der Waals surface area (Å²) in [6.45, 7) is 1.01. The summed E-state index contributed by atoms with van der Waals surface area (Å²) in [5.74, 6) is -0.346. The highest BCUT2D eigenvalue weighted by molar-refractivity contribution is 5.67. The summed E-state index contributed by atoms with van der Waals surface area (Å²) < 4.78 is 18.5. The molecule has 1 aliphatic rings. The number of likely N-dealkylation sites (tertiary alicyclic amines) is 1. The van der Waals surface area contributed by atoms with Gasteiger partial charge in [-0.05, 0) is 36.1 Å². The molecule has 5 nitrogen and oxygen atoms in total. The number of nitrogens with zero attached hydrogens (tertiary/aromatic N) is 2. The molecule has 2 aromatic rings. The molecule has 0 bridgehead atoms. The number of carbonyl (C=O) groups is 1. The maximum atomic E-state index is 13.2. The first-order valence-electron chi connectivity index (χ1n) is 8.44. The molecular formula is C20H19FN2O3. The zero-order valence-corrected chi connectivity index (χ0v) is 14.2. The van der Waals surface area contributed by atoms with Crippen LogP contribution in [0.5, 0.6) is 0 Å². The summed E-state index contributed by atoms with van der Waals surface area (Å²) in [4.78, 5) is 28.8. The fourth-order valence-electron chi connectivity index (χ4n) is 3.18. The van der Waals surface area contributed by atoms with E-state index in [1.807, 2.05) is 30.3 Å². The number of isocyanates is 1. The third kappa shape index (κ3) is 3.98. The van der Waals surface area contributed by atoms with Gasteiger partial charge in [0.1, 0.15) is 18.0 Å². The number of benzene rings is 2. The number of aliphatic imine (C=N–C) groups is 1. The summed E-state index contributed by atoms with van der Waals surface area (Å²) >= 11 is 0. The van der Waals surface area contributed by atoms with Crippen LogP contribution in [0.25, 0.3) is 0 Å². The van der Waals surface area contributed by atoms with Crippen LogP contribution < -0.4 is 0 Å². The Bertz CT molecular complexity index is 794. The van der Waals surface area contributed by atoms with Gasteiger partial charge in [0.2, 0.25) is 6.08 Å². The predicted molar refractivity (Wildman–Crippen MR) is 93.6 cm³/mol. The molecule has 1 heterocycles. The van der Waals surface area contributed by atoms with Crippen molar-refractivity contribution in [3.63, 3.8) is 0 Å². The van der Waals surface area contributed by atoms with Gasteiger partial charge in [-0.25, -0.2) is 14.0 Å². The highest BCUT2D eigenvalue weighted by Gasteiger charge is 2.38. The van der Waals surface area contributed by atoms with Crippen LogP contribution in [0.2, 0.25) is 0 Å². The number of hydrogen-bond acceptors (Lipinski definition) is 4. The second-order valence-corrected chi connectivity index (χ2v) is 6.27. The molecule has 0 aromatic heterocycles. The van der Waals surface area contributed by atoms with Crippen molar-refractivity contribution in [3.05, 3.63) is 71.5 Å². The van der Waals surface area contributed by atoms with E-state index in [1.165, 1.54) is 12.1 Å². The minimum absolute atomic E-state index is 0.214. The van der Waals surface area contributed by atoms with Crippen molar-refractivity contribution in [3.8, 4) is 0 Å². The highest BCUT2D eigenvalue weighted by atomic mass is 19.1. The Morgan fingerprint density at radius 1 is 1.12 bits per heavy atom. The third-order valence-electron chi connectivity index (χ3n) is 4.70. The molecule has 0 aliphatic carbocycles. The summed E-state index contributed by atoms with van der Waals surface area (Å²) in [6.07, 6.45) is 2.14. The summed E-state index contributed by atoms with van der Waals surface area (Å²) in [7, 11) is 0. The second-order valence-electron chi connectivity index (χ2n) is 6.27. The summed E-state index contributed by atoms with van der Waals surface area (Å²) in [6, 6.07) is 15.4. The van der Waals surface area contributed by atoms with E-state index < -0.39 is 11.6 Å². The Morgan fingerprint density at radius 2 is 1.77 bits per heavy atom. The van der Waals surface area contributed by atoms with E-state index in [1.54, 1.807) is 23.1 Å². The van der Waals surface area contributed by atoms with Crippen molar-refractivity contribution in [1.29, 1.82) is 0 Å². The molecule has 134 valence electrons. The van der Waals surface area contributed by atoms with Crippen molar-refractivity contribution in [2.24, 2.45) is 4.99 Å². The minimum atomic E-state index is -0.772. The van der Waals surface area contributed by atoms with E-state index in [2.05, 4.69) is 4.99 Å². The standard InChI is InChI=1S/C20H19FN2O3/c21-18-8-6-17(7-9-18)20(22-15-24)10-12-23(13-11-20)19(25)26-14-16-4-2-1-3-5-16/h1-9H,10-14H2. The van der Waals surface area contributed by atoms with Gasteiger partial charge in [0.25, 0.3) is 0 Å². The van der Waals surface area contributed by atoms with Gasteiger partial charge >= 0.3 is 6.09 Å². The quantitative estimate of drug-likeness (QED) is 0.620. The molecule has 1 fully saturated rings. The van der Waals surface area contributed by atoms with Crippen LogP contribution in [0.15, 0.2) is 59.6 Å². The molecule has 1 amide bonds. The maximum Gasteiger partial charge on any atom is 0.410 e. The Labute approximate surface area is 151 Å². The molecule has 26 heavy (non-hydrogen) atoms. The topological polar surface area (TPSA) is 59.0 Å². The first kappa shape index (κ1) is 17.8. The molecule has 0 unspecified atom stereocenters. The van der Waals surface area contributed by atoms with Crippen LogP contribution in [0.4, 0.5) is 9.18 Å². The summed E-state index contributed by atoms with van der Waals surface area (Å²) in [5.41, 5.74) is 0.898. The lowest BCUT2D eigenvalue weighted by molar-refractivity contribution is 0.0782. The van der Waals surface area contributed by atoms with Crippen molar-refractivity contribution < 1.29 is 18.7 Å². The van der Waals surface area contributed by atoms with E-state index in [0.717, 1.165) is 11.1 Å². The highest BCUT2D eigenvalue weighted by Crippen LogP contribution is 2.36. The van der Waals surface area contributed by atoms with Crippen molar-refractivity contribution in [2.75, 3.05) is 13.1 Å². The van der Waals surface area contributed by atoms with Crippen molar-refractivity contribution in [1.82, 2.24) is 4.90 Å². The van der Waals surface area contributed by atoms with E-state index in [9.17, 15) is 14.0 Å². The first-order chi connectivity index (χ1) is 12.6. The number of piperidine rings is 1. The number of rotatable bonds is 4. The molecule has 0 saturated carbocycles. The average molecular weight is 354 g/mol. The smallest absolute Gasteiger partial charge is 0.410 e. The molecule has 0 atom stereocenters. The van der Waals surface area contributed by atoms with Gasteiger partial charge in [0, 0.05) is 13.1 Å². The number of carbonyl (C=O) groups excluding carboxylic acids is 2. The Hall–Kier alpha value is -2.98. The molecular weight excluding hydrogens is 335 g/mol. The number of amides is 1. The zero-order chi connectivity index (χ0) is 18.4. The van der Waals surface area contributed by atoms with Crippen LogP contribution in [-0.4, -0.2) is 30.2 Å². The van der Waals surface area contributed by atoms with Crippen LogP contribution in [-0.2, 0) is 21.7 Å². The predicted octanol–water partition coefficient (Wildman–Crippen LogP) is 3.79. The normalized spacial score (nSPS) is 15.8. The lowest BCUT2D eigenvalue weighted by Crippen LogP contribution is -2.44. The van der Waals surface area contributed by atoms with Gasteiger partial charge in [-0.3, -0.25) is 0 Å². The van der Waals surface area contributed by atoms with Gasteiger partial charge in [0.05, 0.1) is 0 Å². The van der Waals surface area contributed by atoms with E-state index in [4.69, 9.17) is 4.74 Å². The summed E-state index contributed by atoms with van der Waals surface area (Å²) in [5, 5.41) is 0. The van der Waals surface area contributed by atoms with Crippen LogP contribution in [0, 0.1) is 5.82 Å². The SMILES string of the molecule is O=C=NC1(c2ccc(F)cc2)CCN(C(=O)OCc2ccccc2)CC1. The van der Waals surface area contributed by atoms with Crippen LogP contribution >= 0.6 is 0 Å². The molecule has 0 radical (unpaired) electrons. The van der Waals surface area contributed by atoms with E-state index in [0.29, 0.717) is 25.9 Å². The van der Waals surface area contributed by atoms with Gasteiger partial charge in [-0.15, -0.1) is 0 Å². The van der Waals surface area contributed by atoms with Gasteiger partial charge < -0.3 is 9.64 Å². The Balaban J connectivity index is 1.63. The van der Waals surface area contributed by atoms with E-state index >= 15 is 0 Å². The average Bonchev–Trinajstić information content (AvgIpc) is 2.68.